The fourth-order valence-electron chi connectivity index (χ4n) is 2.66. The van der Waals surface area contributed by atoms with Crippen LogP contribution in [0.5, 0.6) is 0 Å². The minimum atomic E-state index is -0.175. The number of fused-ring (bicyclic) bond motifs is 1. The molecular weight excluding hydrogens is 180 g/mol. The SMILES string of the molecule is CCC1CC2CC(O)CCC2OC1=O. The standard InChI is InChI=1S/C11H18O3/c1-2-7-5-8-6-9(12)3-4-10(8)14-11(7)13/h7-10,12H,2-6H2,1H3. The Morgan fingerprint density at radius 1 is 1.43 bits per heavy atom. The van der Waals surface area contributed by atoms with E-state index in [-0.39, 0.29) is 24.1 Å². The van der Waals surface area contributed by atoms with Crippen LogP contribution < -0.4 is 0 Å². The molecule has 14 heavy (non-hydrogen) atoms. The van der Waals surface area contributed by atoms with E-state index in [0.29, 0.717) is 5.92 Å². The fourth-order valence-corrected chi connectivity index (χ4v) is 2.66. The van der Waals surface area contributed by atoms with Gasteiger partial charge < -0.3 is 9.84 Å². The van der Waals surface area contributed by atoms with Gasteiger partial charge in [-0.1, -0.05) is 6.92 Å². The summed E-state index contributed by atoms with van der Waals surface area (Å²) in [6.07, 6.45) is 4.13. The highest BCUT2D eigenvalue weighted by atomic mass is 16.5. The maximum atomic E-state index is 11.5. The number of ether oxygens (including phenoxy) is 1. The highest BCUT2D eigenvalue weighted by molar-refractivity contribution is 5.73. The molecule has 2 fully saturated rings. The van der Waals surface area contributed by atoms with Crippen molar-refractivity contribution in [1.82, 2.24) is 0 Å². The quantitative estimate of drug-likeness (QED) is 0.649. The van der Waals surface area contributed by atoms with E-state index in [4.69, 9.17) is 4.74 Å². The van der Waals surface area contributed by atoms with Gasteiger partial charge in [0.15, 0.2) is 0 Å². The number of carbonyl (C=O) groups excluding carboxylic acids is 1. The molecule has 1 aliphatic heterocycles. The summed E-state index contributed by atoms with van der Waals surface area (Å²) < 4.78 is 5.39. The number of hydrogen-bond donors (Lipinski definition) is 1. The highest BCUT2D eigenvalue weighted by Gasteiger charge is 2.39. The van der Waals surface area contributed by atoms with Crippen LogP contribution in [0.4, 0.5) is 0 Å². The van der Waals surface area contributed by atoms with E-state index in [1.54, 1.807) is 0 Å². The van der Waals surface area contributed by atoms with Gasteiger partial charge in [0.2, 0.25) is 0 Å². The first-order chi connectivity index (χ1) is 6.70. The van der Waals surface area contributed by atoms with Gasteiger partial charge in [-0.2, -0.15) is 0 Å². The van der Waals surface area contributed by atoms with Gasteiger partial charge >= 0.3 is 5.97 Å². The second kappa shape index (κ2) is 3.89. The molecule has 2 aliphatic rings. The van der Waals surface area contributed by atoms with Crippen molar-refractivity contribution in [1.29, 1.82) is 0 Å². The van der Waals surface area contributed by atoms with Gasteiger partial charge in [0.1, 0.15) is 6.10 Å². The van der Waals surface area contributed by atoms with Crippen molar-refractivity contribution in [2.75, 3.05) is 0 Å². The molecule has 4 unspecified atom stereocenters. The van der Waals surface area contributed by atoms with Crippen molar-refractivity contribution in [2.45, 2.75) is 51.2 Å². The molecule has 0 amide bonds. The van der Waals surface area contributed by atoms with Gasteiger partial charge in [-0.3, -0.25) is 4.79 Å². The third-order valence-electron chi connectivity index (χ3n) is 3.57. The summed E-state index contributed by atoms with van der Waals surface area (Å²) in [4.78, 5) is 11.5. The van der Waals surface area contributed by atoms with Crippen molar-refractivity contribution in [3.63, 3.8) is 0 Å². The predicted molar refractivity (Wildman–Crippen MR) is 51.6 cm³/mol. The van der Waals surface area contributed by atoms with E-state index >= 15 is 0 Å². The maximum Gasteiger partial charge on any atom is 0.309 e. The Kier molecular flexibility index (Phi) is 2.77. The van der Waals surface area contributed by atoms with Crippen molar-refractivity contribution >= 4 is 5.97 Å². The summed E-state index contributed by atoms with van der Waals surface area (Å²) >= 11 is 0. The number of rotatable bonds is 1. The molecule has 0 aromatic rings. The van der Waals surface area contributed by atoms with Crippen LogP contribution >= 0.6 is 0 Å². The Morgan fingerprint density at radius 3 is 2.93 bits per heavy atom. The van der Waals surface area contributed by atoms with Crippen LogP contribution in [0.15, 0.2) is 0 Å². The maximum absolute atomic E-state index is 11.5. The first-order valence-electron chi connectivity index (χ1n) is 5.59. The van der Waals surface area contributed by atoms with E-state index in [1.165, 1.54) is 0 Å². The average molecular weight is 198 g/mol. The van der Waals surface area contributed by atoms with E-state index in [9.17, 15) is 9.90 Å². The normalized spacial score (nSPS) is 42.9. The Balaban J connectivity index is 2.01. The average Bonchev–Trinajstić information content (AvgIpc) is 2.17. The lowest BCUT2D eigenvalue weighted by Crippen LogP contribution is -2.42. The van der Waals surface area contributed by atoms with Gasteiger partial charge in [-0.15, -0.1) is 0 Å². The summed E-state index contributed by atoms with van der Waals surface area (Å²) in [5.41, 5.74) is 0. The molecule has 80 valence electrons. The number of esters is 1. The van der Waals surface area contributed by atoms with Crippen LogP contribution in [0.25, 0.3) is 0 Å². The van der Waals surface area contributed by atoms with Gasteiger partial charge in [0.05, 0.1) is 12.0 Å². The molecule has 1 N–H and O–H groups in total. The third-order valence-corrected chi connectivity index (χ3v) is 3.57. The lowest BCUT2D eigenvalue weighted by molar-refractivity contribution is -0.171. The molecule has 1 heterocycles. The fraction of sp³-hybridized carbons (Fsp3) is 0.909. The number of carbonyl (C=O) groups is 1. The minimum absolute atomic E-state index is 0.0230. The number of aliphatic hydroxyl groups is 1. The smallest absolute Gasteiger partial charge is 0.309 e. The van der Waals surface area contributed by atoms with Gasteiger partial charge in [-0.25, -0.2) is 0 Å². The Hall–Kier alpha value is -0.570. The molecule has 0 radical (unpaired) electrons. The molecule has 2 rings (SSSR count). The summed E-state index contributed by atoms with van der Waals surface area (Å²) in [5.74, 6) is 0.452. The minimum Gasteiger partial charge on any atom is -0.462 e. The molecule has 1 saturated carbocycles. The Labute approximate surface area is 84.4 Å². The zero-order chi connectivity index (χ0) is 10.1. The molecule has 3 nitrogen and oxygen atoms in total. The van der Waals surface area contributed by atoms with Crippen molar-refractivity contribution < 1.29 is 14.6 Å². The number of aliphatic hydroxyl groups excluding tert-OH is 1. The monoisotopic (exact) mass is 198 g/mol. The molecule has 1 saturated heterocycles. The van der Waals surface area contributed by atoms with E-state index in [1.807, 2.05) is 6.92 Å². The first kappa shape index (κ1) is 9.97. The van der Waals surface area contributed by atoms with Gasteiger partial charge in [0.25, 0.3) is 0 Å². The van der Waals surface area contributed by atoms with E-state index in [0.717, 1.165) is 32.1 Å². The number of hydrogen-bond acceptors (Lipinski definition) is 3. The van der Waals surface area contributed by atoms with Crippen LogP contribution in [-0.4, -0.2) is 23.3 Å². The van der Waals surface area contributed by atoms with Crippen LogP contribution in [-0.2, 0) is 9.53 Å². The van der Waals surface area contributed by atoms with Crippen LogP contribution in [0.1, 0.15) is 39.0 Å². The Bertz CT molecular complexity index is 227. The van der Waals surface area contributed by atoms with E-state index in [2.05, 4.69) is 0 Å². The first-order valence-corrected chi connectivity index (χ1v) is 5.59. The molecule has 0 spiro atoms. The van der Waals surface area contributed by atoms with Crippen molar-refractivity contribution in [3.8, 4) is 0 Å². The summed E-state index contributed by atoms with van der Waals surface area (Å²) in [7, 11) is 0. The molecule has 4 atom stereocenters. The molecule has 0 aromatic carbocycles. The molecule has 1 aliphatic carbocycles. The molecule has 3 heteroatoms. The molecular formula is C11H18O3. The zero-order valence-electron chi connectivity index (χ0n) is 8.61. The second-order valence-corrected chi connectivity index (χ2v) is 4.54. The van der Waals surface area contributed by atoms with E-state index < -0.39 is 0 Å². The van der Waals surface area contributed by atoms with Crippen LogP contribution in [0.3, 0.4) is 0 Å². The topological polar surface area (TPSA) is 46.5 Å². The highest BCUT2D eigenvalue weighted by Crippen LogP contribution is 2.37. The zero-order valence-corrected chi connectivity index (χ0v) is 8.61. The summed E-state index contributed by atoms with van der Waals surface area (Å²) in [6, 6.07) is 0. The largest absolute Gasteiger partial charge is 0.462 e. The summed E-state index contributed by atoms with van der Waals surface area (Å²) in [5, 5.41) is 9.53. The lowest BCUT2D eigenvalue weighted by Gasteiger charge is -2.39. The van der Waals surface area contributed by atoms with Gasteiger partial charge in [0, 0.05) is 0 Å². The third kappa shape index (κ3) is 1.78. The molecule has 0 aromatic heterocycles. The van der Waals surface area contributed by atoms with Crippen LogP contribution in [0.2, 0.25) is 0 Å². The Morgan fingerprint density at radius 2 is 2.21 bits per heavy atom. The van der Waals surface area contributed by atoms with Gasteiger partial charge in [-0.05, 0) is 38.0 Å². The lowest BCUT2D eigenvalue weighted by atomic mass is 9.77. The summed E-state index contributed by atoms with van der Waals surface area (Å²) in [6.45, 7) is 2.02. The predicted octanol–water partition coefficient (Wildman–Crippen LogP) is 1.49. The molecule has 0 bridgehead atoms. The van der Waals surface area contributed by atoms with Crippen molar-refractivity contribution in [3.05, 3.63) is 0 Å². The van der Waals surface area contributed by atoms with Crippen molar-refractivity contribution in [2.24, 2.45) is 11.8 Å². The second-order valence-electron chi connectivity index (χ2n) is 4.54. The van der Waals surface area contributed by atoms with Crippen LogP contribution in [0, 0.1) is 11.8 Å².